The number of carbonyl (C=O) groups is 1. The predicted molar refractivity (Wildman–Crippen MR) is 110 cm³/mol. The Morgan fingerprint density at radius 2 is 1.84 bits per heavy atom. The number of aliphatic hydroxyl groups excluding tert-OH is 1. The fraction of sp³-hybridized carbons (Fsp3) is 0.636. The van der Waals surface area contributed by atoms with Crippen LogP contribution in [0, 0.1) is 11.8 Å². The van der Waals surface area contributed by atoms with Crippen LogP contribution in [0.4, 0.5) is 13.2 Å². The number of hydrogen-bond acceptors (Lipinski definition) is 4. The first-order chi connectivity index (χ1) is 15.2. The molecular weight excluding hydrogens is 445 g/mol. The summed E-state index contributed by atoms with van der Waals surface area (Å²) in [5.41, 5.74) is -0.229. The van der Waals surface area contributed by atoms with Crippen molar-refractivity contribution >= 4 is 23.0 Å². The lowest BCUT2D eigenvalue weighted by Crippen LogP contribution is -2.52. The van der Waals surface area contributed by atoms with Crippen molar-refractivity contribution in [1.82, 2.24) is 19.4 Å². The molecule has 4 aliphatic rings. The molecule has 0 bridgehead atoms. The third kappa shape index (κ3) is 3.23. The second-order valence-electron chi connectivity index (χ2n) is 9.62. The summed E-state index contributed by atoms with van der Waals surface area (Å²) < 4.78 is 41.9. The van der Waals surface area contributed by atoms with Crippen LogP contribution >= 0.6 is 11.6 Å². The second kappa shape index (κ2) is 7.08. The van der Waals surface area contributed by atoms with E-state index in [0.29, 0.717) is 36.5 Å². The summed E-state index contributed by atoms with van der Waals surface area (Å²) in [7, 11) is 0. The number of hydrogen-bond donors (Lipinski definition) is 1. The summed E-state index contributed by atoms with van der Waals surface area (Å²) in [5, 5.41) is 15.0. The summed E-state index contributed by atoms with van der Waals surface area (Å²) in [5.74, 6) is 1.28. The second-order valence-corrected chi connectivity index (χ2v) is 10.0. The third-order valence-corrected chi connectivity index (χ3v) is 8.05. The first-order valence-electron chi connectivity index (χ1n) is 11.2. The van der Waals surface area contributed by atoms with Gasteiger partial charge in [-0.2, -0.15) is 18.3 Å². The zero-order valence-electron chi connectivity index (χ0n) is 17.4. The number of aromatic nitrogens is 2. The molecule has 1 amide bonds. The van der Waals surface area contributed by atoms with Crippen molar-refractivity contribution in [3.63, 3.8) is 0 Å². The zero-order chi connectivity index (χ0) is 22.4. The highest BCUT2D eigenvalue weighted by atomic mass is 35.5. The van der Waals surface area contributed by atoms with Crippen LogP contribution in [0.25, 0.3) is 5.52 Å². The molecular formula is C22H24ClF3N4O2. The van der Waals surface area contributed by atoms with Crippen molar-refractivity contribution < 1.29 is 23.1 Å². The van der Waals surface area contributed by atoms with Crippen LogP contribution in [-0.4, -0.2) is 56.1 Å². The maximum absolute atomic E-state index is 13.7. The quantitative estimate of drug-likeness (QED) is 0.741. The van der Waals surface area contributed by atoms with E-state index in [1.54, 1.807) is 11.0 Å². The van der Waals surface area contributed by atoms with Crippen molar-refractivity contribution in [2.24, 2.45) is 11.8 Å². The van der Waals surface area contributed by atoms with Gasteiger partial charge in [-0.15, -0.1) is 0 Å². The number of alkyl halides is 3. The Kier molecular flexibility index (Phi) is 4.59. The lowest BCUT2D eigenvalue weighted by Gasteiger charge is -2.37. The fourth-order valence-electron chi connectivity index (χ4n) is 5.82. The molecule has 0 radical (unpaired) electrons. The highest BCUT2D eigenvalue weighted by molar-refractivity contribution is 6.34. The molecule has 32 heavy (non-hydrogen) atoms. The van der Waals surface area contributed by atoms with Crippen molar-refractivity contribution in [2.75, 3.05) is 19.6 Å². The molecule has 2 unspecified atom stereocenters. The normalized spacial score (nSPS) is 29.6. The van der Waals surface area contributed by atoms with E-state index in [0.717, 1.165) is 23.4 Å². The number of amides is 1. The lowest BCUT2D eigenvalue weighted by molar-refractivity contribution is -0.143. The maximum Gasteiger partial charge on any atom is 0.433 e. The fourth-order valence-corrected chi connectivity index (χ4v) is 6.09. The minimum atomic E-state index is -4.61. The summed E-state index contributed by atoms with van der Waals surface area (Å²) in [6, 6.07) is 3.08. The van der Waals surface area contributed by atoms with Crippen molar-refractivity contribution in [3.05, 3.63) is 34.1 Å². The van der Waals surface area contributed by atoms with E-state index in [2.05, 4.69) is 5.10 Å². The van der Waals surface area contributed by atoms with Crippen LogP contribution in [0.3, 0.4) is 0 Å². The minimum absolute atomic E-state index is 0.000753. The molecule has 2 aromatic rings. The molecule has 6 nitrogen and oxygen atoms in total. The first-order valence-corrected chi connectivity index (χ1v) is 11.6. The highest BCUT2D eigenvalue weighted by Gasteiger charge is 2.57. The molecule has 3 saturated carbocycles. The van der Waals surface area contributed by atoms with Gasteiger partial charge >= 0.3 is 6.18 Å². The molecule has 0 spiro atoms. The van der Waals surface area contributed by atoms with E-state index in [1.807, 2.05) is 4.90 Å². The van der Waals surface area contributed by atoms with Crippen LogP contribution in [0.15, 0.2) is 12.1 Å². The molecule has 4 fully saturated rings. The summed E-state index contributed by atoms with van der Waals surface area (Å²) in [6.45, 7) is 0.922. The Balaban J connectivity index is 1.28. The highest BCUT2D eigenvalue weighted by Crippen LogP contribution is 2.55. The number of pyridine rings is 1. The maximum atomic E-state index is 13.7. The number of halogens is 4. The van der Waals surface area contributed by atoms with Crippen LogP contribution < -0.4 is 0 Å². The first kappa shape index (κ1) is 20.7. The van der Waals surface area contributed by atoms with Gasteiger partial charge in [0, 0.05) is 19.1 Å². The van der Waals surface area contributed by atoms with Gasteiger partial charge in [0.15, 0.2) is 6.23 Å². The Morgan fingerprint density at radius 1 is 1.12 bits per heavy atom. The number of nitrogens with zero attached hydrogens (tertiary/aromatic N) is 4. The summed E-state index contributed by atoms with van der Waals surface area (Å²) in [6.07, 6.45) is -0.678. The van der Waals surface area contributed by atoms with E-state index >= 15 is 0 Å². The Hall–Kier alpha value is -1.84. The van der Waals surface area contributed by atoms with Gasteiger partial charge < -0.3 is 10.0 Å². The van der Waals surface area contributed by atoms with Gasteiger partial charge in [0.1, 0.15) is 11.4 Å². The summed E-state index contributed by atoms with van der Waals surface area (Å²) in [4.78, 5) is 16.3. The Morgan fingerprint density at radius 3 is 2.47 bits per heavy atom. The minimum Gasteiger partial charge on any atom is -0.372 e. The zero-order valence-corrected chi connectivity index (χ0v) is 18.1. The third-order valence-electron chi connectivity index (χ3n) is 7.66. The smallest absolute Gasteiger partial charge is 0.372 e. The monoisotopic (exact) mass is 468 g/mol. The van der Waals surface area contributed by atoms with E-state index in [4.69, 9.17) is 11.6 Å². The van der Waals surface area contributed by atoms with Crippen LogP contribution in [-0.2, 0) is 11.0 Å². The molecule has 1 saturated heterocycles. The van der Waals surface area contributed by atoms with Crippen LogP contribution in [0.5, 0.6) is 0 Å². The van der Waals surface area contributed by atoms with Gasteiger partial charge in [0.05, 0.1) is 17.1 Å². The molecule has 1 N–H and O–H groups in total. The van der Waals surface area contributed by atoms with Crippen molar-refractivity contribution in [2.45, 2.75) is 56.5 Å². The number of carbonyl (C=O) groups excluding carboxylic acids is 1. The van der Waals surface area contributed by atoms with Gasteiger partial charge in [-0.25, -0.2) is 4.52 Å². The number of aliphatic hydroxyl groups is 1. The molecule has 1 aliphatic heterocycles. The van der Waals surface area contributed by atoms with Crippen LogP contribution in [0.1, 0.15) is 61.2 Å². The SMILES string of the molecule is O=C1CN(C(O)c2nn3c(C(F)(F)F)cc(C4CC4)cc3c2Cl)CCN1C1[C@H]2CCC[C@@H]12. The van der Waals surface area contributed by atoms with Crippen molar-refractivity contribution in [3.8, 4) is 0 Å². The summed E-state index contributed by atoms with van der Waals surface area (Å²) >= 11 is 6.45. The largest absolute Gasteiger partial charge is 0.433 e. The molecule has 6 rings (SSSR count). The average Bonchev–Trinajstić information content (AvgIpc) is 3.64. The molecule has 3 heterocycles. The Bertz CT molecular complexity index is 1090. The number of rotatable bonds is 4. The van der Waals surface area contributed by atoms with E-state index < -0.39 is 18.1 Å². The van der Waals surface area contributed by atoms with Crippen molar-refractivity contribution in [1.29, 1.82) is 0 Å². The number of fused-ring (bicyclic) bond motifs is 2. The topological polar surface area (TPSA) is 61.1 Å². The standard InChI is InChI=1S/C22H24ClF3N4O2/c23-18-15-8-12(11-4-5-11)9-16(22(24,25)26)30(15)27-19(18)21(32)28-6-7-29(17(31)10-28)20-13-2-1-3-14(13)20/h8-9,11,13-14,20-21,32H,1-7,10H2/t13-,14+,20?,21?. The van der Waals surface area contributed by atoms with E-state index in [-0.39, 0.29) is 34.6 Å². The van der Waals surface area contributed by atoms with Gasteiger partial charge in [-0.05, 0) is 61.1 Å². The molecule has 3 aliphatic carbocycles. The van der Waals surface area contributed by atoms with Gasteiger partial charge in [-0.3, -0.25) is 9.69 Å². The predicted octanol–water partition coefficient (Wildman–Crippen LogP) is 3.82. The van der Waals surface area contributed by atoms with Gasteiger partial charge in [-0.1, -0.05) is 18.0 Å². The molecule has 172 valence electrons. The van der Waals surface area contributed by atoms with Gasteiger partial charge in [0.2, 0.25) is 5.91 Å². The van der Waals surface area contributed by atoms with E-state index in [9.17, 15) is 23.1 Å². The number of piperazine rings is 1. The molecule has 2 aromatic heterocycles. The molecule has 10 heteroatoms. The molecule has 0 aromatic carbocycles. The van der Waals surface area contributed by atoms with E-state index in [1.165, 1.54) is 19.3 Å². The Labute approximate surface area is 187 Å². The van der Waals surface area contributed by atoms with Crippen LogP contribution in [0.2, 0.25) is 5.02 Å². The lowest BCUT2D eigenvalue weighted by atomic mass is 10.1. The molecule has 4 atom stereocenters. The van der Waals surface area contributed by atoms with Gasteiger partial charge in [0.25, 0.3) is 0 Å². The average molecular weight is 469 g/mol.